The van der Waals surface area contributed by atoms with Crippen molar-refractivity contribution in [2.75, 3.05) is 13.1 Å². The van der Waals surface area contributed by atoms with Gasteiger partial charge in [0, 0.05) is 13.1 Å². The largest absolute Gasteiger partial charge is 0.341 e. The second-order valence-corrected chi connectivity index (χ2v) is 6.52. The van der Waals surface area contributed by atoms with Crippen LogP contribution < -0.4 is 5.73 Å². The Morgan fingerprint density at radius 2 is 1.85 bits per heavy atom. The van der Waals surface area contributed by atoms with Gasteiger partial charge in [0.1, 0.15) is 5.54 Å². The highest BCUT2D eigenvalue weighted by Crippen LogP contribution is 2.35. The minimum atomic E-state index is -0.929. The van der Waals surface area contributed by atoms with Crippen molar-refractivity contribution >= 4 is 5.91 Å². The Bertz CT molecular complexity index is 459. The zero-order valence-electron chi connectivity index (χ0n) is 12.9. The van der Waals surface area contributed by atoms with Crippen LogP contribution in [0.1, 0.15) is 45.6 Å². The molecule has 0 bridgehead atoms. The highest BCUT2D eigenvalue weighted by atomic mass is 16.2. The summed E-state index contributed by atoms with van der Waals surface area (Å²) in [7, 11) is 0. The molecule has 1 amide bonds. The molecule has 0 saturated carbocycles. The topological polar surface area (TPSA) is 46.3 Å². The molecule has 3 heteroatoms. The number of benzene rings is 1. The smallest absolute Gasteiger partial charge is 0.246 e. The van der Waals surface area contributed by atoms with Crippen molar-refractivity contribution < 1.29 is 4.79 Å². The lowest BCUT2D eigenvalue weighted by Gasteiger charge is -2.41. The predicted molar refractivity (Wildman–Crippen MR) is 82.2 cm³/mol. The predicted octanol–water partition coefficient (Wildman–Crippen LogP) is 2.90. The summed E-state index contributed by atoms with van der Waals surface area (Å²) < 4.78 is 0. The Labute approximate surface area is 122 Å². The third-order valence-electron chi connectivity index (χ3n) is 4.93. The molecular formula is C17H26N2O. The summed E-state index contributed by atoms with van der Waals surface area (Å²) in [4.78, 5) is 14.7. The van der Waals surface area contributed by atoms with Crippen LogP contribution in [0.25, 0.3) is 0 Å². The molecule has 3 nitrogen and oxygen atoms in total. The third-order valence-corrected chi connectivity index (χ3v) is 4.93. The number of likely N-dealkylation sites (tertiary alicyclic amines) is 1. The number of nitrogens with zero attached hydrogens (tertiary/aromatic N) is 1. The number of hydrogen-bond acceptors (Lipinski definition) is 2. The van der Waals surface area contributed by atoms with Crippen LogP contribution in [-0.4, -0.2) is 23.9 Å². The molecule has 0 radical (unpaired) electrons. The lowest BCUT2D eigenvalue weighted by molar-refractivity contribution is -0.139. The maximum atomic E-state index is 12.7. The molecule has 1 aliphatic heterocycles. The van der Waals surface area contributed by atoms with Crippen molar-refractivity contribution in [1.29, 1.82) is 0 Å². The van der Waals surface area contributed by atoms with E-state index in [0.29, 0.717) is 5.41 Å². The number of nitrogens with two attached hydrogens (primary N) is 1. The molecule has 110 valence electrons. The van der Waals surface area contributed by atoms with Crippen molar-refractivity contribution in [2.45, 2.75) is 45.6 Å². The van der Waals surface area contributed by atoms with Crippen LogP contribution in [-0.2, 0) is 10.3 Å². The van der Waals surface area contributed by atoms with Gasteiger partial charge in [-0.15, -0.1) is 0 Å². The van der Waals surface area contributed by atoms with Gasteiger partial charge in [-0.25, -0.2) is 0 Å². The van der Waals surface area contributed by atoms with Crippen molar-refractivity contribution in [3.05, 3.63) is 35.9 Å². The molecule has 1 fully saturated rings. The van der Waals surface area contributed by atoms with Gasteiger partial charge in [0.2, 0.25) is 5.91 Å². The molecule has 2 N–H and O–H groups in total. The molecule has 1 saturated heterocycles. The Kier molecular flexibility index (Phi) is 4.19. The first-order valence-corrected chi connectivity index (χ1v) is 7.53. The first kappa shape index (κ1) is 15.0. The molecule has 1 aliphatic rings. The average Bonchev–Trinajstić information content (AvgIpc) is 2.48. The summed E-state index contributed by atoms with van der Waals surface area (Å²) in [6.07, 6.45) is 3.31. The zero-order valence-corrected chi connectivity index (χ0v) is 12.9. The lowest BCUT2D eigenvalue weighted by atomic mass is 9.77. The molecule has 1 atom stereocenters. The quantitative estimate of drug-likeness (QED) is 0.921. The fourth-order valence-electron chi connectivity index (χ4n) is 2.84. The van der Waals surface area contributed by atoms with E-state index in [0.717, 1.165) is 31.5 Å². The van der Waals surface area contributed by atoms with Crippen LogP contribution in [0.5, 0.6) is 0 Å². The lowest BCUT2D eigenvalue weighted by Crippen LogP contribution is -2.53. The first-order valence-electron chi connectivity index (χ1n) is 7.53. The van der Waals surface area contributed by atoms with Crippen molar-refractivity contribution in [2.24, 2.45) is 11.1 Å². The Morgan fingerprint density at radius 1 is 1.30 bits per heavy atom. The molecule has 1 aromatic carbocycles. The van der Waals surface area contributed by atoms with Gasteiger partial charge in [-0.1, -0.05) is 50.6 Å². The summed E-state index contributed by atoms with van der Waals surface area (Å²) in [5, 5.41) is 0. The van der Waals surface area contributed by atoms with Crippen molar-refractivity contribution in [3.63, 3.8) is 0 Å². The molecule has 0 spiro atoms. The average molecular weight is 274 g/mol. The van der Waals surface area contributed by atoms with Crippen LogP contribution in [0, 0.1) is 5.41 Å². The van der Waals surface area contributed by atoms with Crippen LogP contribution in [0.3, 0.4) is 0 Å². The van der Waals surface area contributed by atoms with Gasteiger partial charge >= 0.3 is 0 Å². The van der Waals surface area contributed by atoms with E-state index < -0.39 is 5.54 Å². The Hall–Kier alpha value is -1.35. The standard InChI is InChI=1S/C17H26N2O/c1-4-16(2)10-12-19(13-11-16)15(20)17(3,18)14-8-6-5-7-9-14/h5-9H,4,10-13,18H2,1-3H3. The van der Waals surface area contributed by atoms with E-state index in [1.54, 1.807) is 0 Å². The van der Waals surface area contributed by atoms with Crippen molar-refractivity contribution in [3.8, 4) is 0 Å². The van der Waals surface area contributed by atoms with Crippen LogP contribution in [0.15, 0.2) is 30.3 Å². The normalized spacial score (nSPS) is 21.3. The number of carbonyl (C=O) groups excluding carboxylic acids is 1. The van der Waals surface area contributed by atoms with Gasteiger partial charge in [-0.05, 0) is 30.7 Å². The van der Waals surface area contributed by atoms with E-state index in [-0.39, 0.29) is 5.91 Å². The van der Waals surface area contributed by atoms with Crippen LogP contribution in [0.2, 0.25) is 0 Å². The van der Waals surface area contributed by atoms with Gasteiger partial charge in [-0.3, -0.25) is 4.79 Å². The highest BCUT2D eigenvalue weighted by molar-refractivity contribution is 5.87. The maximum Gasteiger partial charge on any atom is 0.246 e. The summed E-state index contributed by atoms with van der Waals surface area (Å²) >= 11 is 0. The number of amides is 1. The second-order valence-electron chi connectivity index (χ2n) is 6.52. The van der Waals surface area contributed by atoms with E-state index in [1.807, 2.05) is 42.2 Å². The SMILES string of the molecule is CCC1(C)CCN(C(=O)C(C)(N)c2ccccc2)CC1. The van der Waals surface area contributed by atoms with E-state index in [9.17, 15) is 4.79 Å². The first-order chi connectivity index (χ1) is 9.39. The molecule has 2 rings (SSSR count). The van der Waals surface area contributed by atoms with Crippen molar-refractivity contribution in [1.82, 2.24) is 4.90 Å². The van der Waals surface area contributed by atoms with E-state index in [1.165, 1.54) is 6.42 Å². The monoisotopic (exact) mass is 274 g/mol. The molecule has 0 aromatic heterocycles. The number of piperidine rings is 1. The fraction of sp³-hybridized carbons (Fsp3) is 0.588. The number of rotatable bonds is 3. The fourth-order valence-corrected chi connectivity index (χ4v) is 2.84. The molecule has 1 aromatic rings. The van der Waals surface area contributed by atoms with Gasteiger partial charge in [-0.2, -0.15) is 0 Å². The van der Waals surface area contributed by atoms with Gasteiger partial charge in [0.25, 0.3) is 0 Å². The molecule has 0 aliphatic carbocycles. The Balaban J connectivity index is 2.09. The van der Waals surface area contributed by atoms with Crippen LogP contribution in [0.4, 0.5) is 0 Å². The maximum absolute atomic E-state index is 12.7. The highest BCUT2D eigenvalue weighted by Gasteiger charge is 2.38. The Morgan fingerprint density at radius 3 is 2.35 bits per heavy atom. The summed E-state index contributed by atoms with van der Waals surface area (Å²) in [6, 6.07) is 9.66. The zero-order chi connectivity index (χ0) is 14.8. The molecule has 1 unspecified atom stereocenters. The molecule has 20 heavy (non-hydrogen) atoms. The third kappa shape index (κ3) is 2.88. The minimum absolute atomic E-state index is 0.0434. The molecular weight excluding hydrogens is 248 g/mol. The minimum Gasteiger partial charge on any atom is -0.341 e. The summed E-state index contributed by atoms with van der Waals surface area (Å²) in [5.41, 5.74) is 6.66. The second kappa shape index (κ2) is 5.57. The molecule has 1 heterocycles. The summed E-state index contributed by atoms with van der Waals surface area (Å²) in [6.45, 7) is 8.01. The van der Waals surface area contributed by atoms with Crippen LogP contribution >= 0.6 is 0 Å². The number of hydrogen-bond donors (Lipinski definition) is 1. The van der Waals surface area contributed by atoms with Gasteiger partial charge < -0.3 is 10.6 Å². The van der Waals surface area contributed by atoms with Gasteiger partial charge in [0.05, 0.1) is 0 Å². The van der Waals surface area contributed by atoms with E-state index >= 15 is 0 Å². The number of carbonyl (C=O) groups is 1. The van der Waals surface area contributed by atoms with E-state index in [4.69, 9.17) is 5.73 Å². The van der Waals surface area contributed by atoms with Gasteiger partial charge in [0.15, 0.2) is 0 Å². The van der Waals surface area contributed by atoms with E-state index in [2.05, 4.69) is 13.8 Å². The summed E-state index contributed by atoms with van der Waals surface area (Å²) in [5.74, 6) is 0.0434.